The van der Waals surface area contributed by atoms with Crippen LogP contribution in [0.25, 0.3) is 0 Å². The lowest BCUT2D eigenvalue weighted by Gasteiger charge is -2.00. The summed E-state index contributed by atoms with van der Waals surface area (Å²) < 4.78 is 0. The highest BCUT2D eigenvalue weighted by molar-refractivity contribution is 6.38. The first-order valence-corrected chi connectivity index (χ1v) is 3.22. The highest BCUT2D eigenvalue weighted by Crippen LogP contribution is 2.05. The fourth-order valence-electron chi connectivity index (χ4n) is 0.752. The van der Waals surface area contributed by atoms with Crippen LogP contribution in [-0.2, 0) is 4.79 Å². The van der Waals surface area contributed by atoms with E-state index in [-0.39, 0.29) is 5.56 Å². The number of carboxylic acids is 1. The molecule has 0 heterocycles. The van der Waals surface area contributed by atoms with Crippen LogP contribution in [0.2, 0.25) is 0 Å². The fourth-order valence-corrected chi connectivity index (χ4v) is 0.752. The van der Waals surface area contributed by atoms with Crippen LogP contribution in [-0.4, -0.2) is 11.8 Å². The minimum absolute atomic E-state index is 0.0733. The maximum atomic E-state index is 10.8. The van der Waals surface area contributed by atoms with Gasteiger partial charge in [-0.25, -0.2) is 0 Å². The van der Waals surface area contributed by atoms with Crippen LogP contribution in [0.5, 0.6) is 0 Å². The number of Topliss-reactive ketones (excluding diaryl/α,β-unsaturated/α-hetero) is 1. The van der Waals surface area contributed by atoms with Gasteiger partial charge < -0.3 is 15.6 Å². The smallest absolute Gasteiger partial charge is 0.208 e. The van der Waals surface area contributed by atoms with E-state index in [1.54, 1.807) is 0 Å². The minimum atomic E-state index is -1.71. The van der Waals surface area contributed by atoms with E-state index in [4.69, 9.17) is 5.73 Å². The van der Waals surface area contributed by atoms with Crippen LogP contribution in [0.15, 0.2) is 24.3 Å². The molecule has 0 saturated heterocycles. The molecular weight excluding hydrogens is 158 g/mol. The first kappa shape index (κ1) is 8.26. The van der Waals surface area contributed by atoms with Crippen LogP contribution in [0.3, 0.4) is 0 Å². The SMILES string of the molecule is Nc1ccc(C(=O)C(=O)[O-])cc1. The molecule has 12 heavy (non-hydrogen) atoms. The summed E-state index contributed by atoms with van der Waals surface area (Å²) in [6.45, 7) is 0. The number of benzene rings is 1. The Morgan fingerprint density at radius 1 is 1.17 bits per heavy atom. The van der Waals surface area contributed by atoms with Crippen molar-refractivity contribution >= 4 is 17.4 Å². The van der Waals surface area contributed by atoms with Gasteiger partial charge in [0.25, 0.3) is 0 Å². The molecule has 1 rings (SSSR count). The average molecular weight is 164 g/mol. The molecule has 2 N–H and O–H groups in total. The topological polar surface area (TPSA) is 83.2 Å². The molecule has 62 valence electrons. The quantitative estimate of drug-likeness (QED) is 0.352. The number of hydrogen-bond acceptors (Lipinski definition) is 4. The van der Waals surface area contributed by atoms with Crippen molar-refractivity contribution < 1.29 is 14.7 Å². The first-order chi connectivity index (χ1) is 5.61. The predicted octanol–water partition coefficient (Wildman–Crippen LogP) is -0.799. The van der Waals surface area contributed by atoms with Crippen molar-refractivity contribution in [3.8, 4) is 0 Å². The van der Waals surface area contributed by atoms with E-state index >= 15 is 0 Å². The lowest BCUT2D eigenvalue weighted by Crippen LogP contribution is -2.31. The number of ketones is 1. The lowest BCUT2D eigenvalue weighted by molar-refractivity contribution is -0.296. The Hall–Kier alpha value is -1.84. The van der Waals surface area contributed by atoms with Gasteiger partial charge in [-0.3, -0.25) is 4.79 Å². The van der Waals surface area contributed by atoms with Gasteiger partial charge in [0.2, 0.25) is 5.78 Å². The molecule has 0 atom stereocenters. The lowest BCUT2D eigenvalue weighted by atomic mass is 10.1. The number of nitrogen functional groups attached to an aromatic ring is 1. The maximum Gasteiger partial charge on any atom is 0.208 e. The molecule has 0 aliphatic heterocycles. The van der Waals surface area contributed by atoms with Crippen molar-refractivity contribution in [2.75, 3.05) is 5.73 Å². The second-order valence-electron chi connectivity index (χ2n) is 2.24. The fraction of sp³-hybridized carbons (Fsp3) is 0. The Morgan fingerprint density at radius 3 is 2.08 bits per heavy atom. The molecule has 0 radical (unpaired) electrons. The first-order valence-electron chi connectivity index (χ1n) is 3.22. The van der Waals surface area contributed by atoms with Crippen molar-refractivity contribution in [1.82, 2.24) is 0 Å². The zero-order valence-corrected chi connectivity index (χ0v) is 6.11. The van der Waals surface area contributed by atoms with Crippen LogP contribution in [0.1, 0.15) is 10.4 Å². The van der Waals surface area contributed by atoms with Crippen molar-refractivity contribution in [3.63, 3.8) is 0 Å². The van der Waals surface area contributed by atoms with Crippen molar-refractivity contribution in [2.24, 2.45) is 0 Å². The second kappa shape index (κ2) is 3.04. The Balaban J connectivity index is 2.98. The van der Waals surface area contributed by atoms with Gasteiger partial charge in [0.15, 0.2) is 0 Å². The molecule has 0 saturated carbocycles. The summed E-state index contributed by atoms with van der Waals surface area (Å²) in [7, 11) is 0. The molecule has 1 aromatic carbocycles. The zero-order chi connectivity index (χ0) is 9.14. The molecule has 1 aromatic rings. The van der Waals surface area contributed by atoms with E-state index in [1.807, 2.05) is 0 Å². The number of carbonyl (C=O) groups excluding carboxylic acids is 2. The van der Waals surface area contributed by atoms with E-state index in [9.17, 15) is 14.7 Å². The summed E-state index contributed by atoms with van der Waals surface area (Å²) in [5.41, 5.74) is 5.88. The molecule has 0 aliphatic carbocycles. The van der Waals surface area contributed by atoms with Crippen LogP contribution >= 0.6 is 0 Å². The van der Waals surface area contributed by atoms with Gasteiger partial charge in [-0.1, -0.05) is 0 Å². The van der Waals surface area contributed by atoms with E-state index < -0.39 is 11.8 Å². The largest absolute Gasteiger partial charge is 0.541 e. The molecule has 0 aromatic heterocycles. The van der Waals surface area contributed by atoms with Gasteiger partial charge in [-0.2, -0.15) is 0 Å². The van der Waals surface area contributed by atoms with Crippen LogP contribution in [0.4, 0.5) is 5.69 Å². The number of nitrogens with two attached hydrogens (primary N) is 1. The molecule has 0 aliphatic rings. The number of carbonyl (C=O) groups is 2. The van der Waals surface area contributed by atoms with Gasteiger partial charge in [0.1, 0.15) is 5.97 Å². The van der Waals surface area contributed by atoms with Gasteiger partial charge in [-0.05, 0) is 24.3 Å². The summed E-state index contributed by atoms with van der Waals surface area (Å²) in [4.78, 5) is 20.8. The Bertz CT molecular complexity index is 316. The van der Waals surface area contributed by atoms with Crippen LogP contribution in [0, 0.1) is 0 Å². The van der Waals surface area contributed by atoms with Crippen molar-refractivity contribution in [2.45, 2.75) is 0 Å². The third kappa shape index (κ3) is 1.60. The van der Waals surface area contributed by atoms with Gasteiger partial charge in [0.05, 0.1) is 0 Å². The molecule has 0 fully saturated rings. The number of carboxylic acid groups (broad SMARTS) is 1. The highest BCUT2D eigenvalue weighted by atomic mass is 16.4. The summed E-state index contributed by atoms with van der Waals surface area (Å²) in [5.74, 6) is -2.74. The van der Waals surface area contributed by atoms with Gasteiger partial charge in [-0.15, -0.1) is 0 Å². The minimum Gasteiger partial charge on any atom is -0.541 e. The monoisotopic (exact) mass is 164 g/mol. The van der Waals surface area contributed by atoms with E-state index in [0.29, 0.717) is 5.69 Å². The normalized spacial score (nSPS) is 9.33. The molecule has 0 unspecified atom stereocenters. The molecular formula is C8H6NO3-. The third-order valence-corrected chi connectivity index (χ3v) is 1.36. The third-order valence-electron chi connectivity index (χ3n) is 1.36. The van der Waals surface area contributed by atoms with Gasteiger partial charge >= 0.3 is 0 Å². The summed E-state index contributed by atoms with van der Waals surface area (Å²) in [6.07, 6.45) is 0. The van der Waals surface area contributed by atoms with E-state index in [2.05, 4.69) is 0 Å². The predicted molar refractivity (Wildman–Crippen MR) is 40.2 cm³/mol. The zero-order valence-electron chi connectivity index (χ0n) is 6.11. The number of rotatable bonds is 2. The number of hydrogen-bond donors (Lipinski definition) is 1. The summed E-state index contributed by atoms with van der Waals surface area (Å²) in [6, 6.07) is 5.59. The Labute approximate surface area is 68.6 Å². The molecule has 0 spiro atoms. The van der Waals surface area contributed by atoms with Crippen LogP contribution < -0.4 is 10.8 Å². The standard InChI is InChI=1S/C8H7NO3/c9-6-3-1-5(2-4-6)7(10)8(11)12/h1-4H,9H2,(H,11,12)/p-1. The highest BCUT2D eigenvalue weighted by Gasteiger charge is 2.04. The van der Waals surface area contributed by atoms with E-state index in [1.165, 1.54) is 24.3 Å². The number of aliphatic carboxylic acids is 1. The van der Waals surface area contributed by atoms with Gasteiger partial charge in [0, 0.05) is 11.3 Å². The Morgan fingerprint density at radius 2 is 1.67 bits per heavy atom. The summed E-state index contributed by atoms with van der Waals surface area (Å²) >= 11 is 0. The summed E-state index contributed by atoms with van der Waals surface area (Å²) in [5, 5.41) is 10.1. The second-order valence-corrected chi connectivity index (χ2v) is 2.24. The van der Waals surface area contributed by atoms with E-state index in [0.717, 1.165) is 0 Å². The molecule has 0 amide bonds. The molecule has 4 heteroatoms. The Kier molecular flexibility index (Phi) is 2.09. The molecule has 4 nitrogen and oxygen atoms in total. The van der Waals surface area contributed by atoms with Crippen molar-refractivity contribution in [1.29, 1.82) is 0 Å². The molecule has 0 bridgehead atoms. The average Bonchev–Trinajstić information content (AvgIpc) is 2.04. The van der Waals surface area contributed by atoms with Crippen molar-refractivity contribution in [3.05, 3.63) is 29.8 Å². The maximum absolute atomic E-state index is 10.8. The number of anilines is 1.